The Labute approximate surface area is 142 Å². The van der Waals surface area contributed by atoms with Gasteiger partial charge in [-0.3, -0.25) is 10.1 Å². The van der Waals surface area contributed by atoms with Crippen LogP contribution in [0.2, 0.25) is 0 Å². The molecule has 0 saturated carbocycles. The van der Waals surface area contributed by atoms with Gasteiger partial charge in [0.15, 0.2) is 0 Å². The van der Waals surface area contributed by atoms with Crippen molar-refractivity contribution in [1.29, 1.82) is 0 Å². The minimum atomic E-state index is -0.385. The average molecular weight is 371 g/mol. The van der Waals surface area contributed by atoms with Gasteiger partial charge in [-0.25, -0.2) is 0 Å². The second-order valence-corrected chi connectivity index (χ2v) is 6.21. The quantitative estimate of drug-likeness (QED) is 0.505. The number of halogens is 1. The van der Waals surface area contributed by atoms with E-state index in [0.29, 0.717) is 0 Å². The van der Waals surface area contributed by atoms with Crippen LogP contribution in [0.25, 0.3) is 10.8 Å². The van der Waals surface area contributed by atoms with Crippen molar-refractivity contribution in [3.8, 4) is 0 Å². The molecule has 0 spiro atoms. The number of hydrogen-bond donors (Lipinski definition) is 1. The summed E-state index contributed by atoms with van der Waals surface area (Å²) in [5.41, 5.74) is 1.79. The molecule has 0 fully saturated rings. The second kappa shape index (κ2) is 6.79. The smallest absolute Gasteiger partial charge is 0.227 e. The number of benzene rings is 3. The molecule has 0 aliphatic rings. The van der Waals surface area contributed by atoms with Crippen LogP contribution in [0.1, 0.15) is 11.6 Å². The Hall–Kier alpha value is -2.40. The van der Waals surface area contributed by atoms with Crippen molar-refractivity contribution in [3.05, 3.63) is 86.9 Å². The Morgan fingerprint density at radius 1 is 1.00 bits per heavy atom. The van der Waals surface area contributed by atoms with Crippen LogP contribution < -0.4 is 5.32 Å². The first kappa shape index (κ1) is 15.5. The number of anilines is 1. The van der Waals surface area contributed by atoms with Crippen LogP contribution in [0.5, 0.6) is 0 Å². The van der Waals surface area contributed by atoms with Crippen molar-refractivity contribution < 1.29 is 4.92 Å². The largest absolute Gasteiger partial charge is 0.372 e. The molecule has 0 aliphatic heterocycles. The van der Waals surface area contributed by atoms with Crippen LogP contribution in [0.3, 0.4) is 0 Å². The molecule has 1 atom stereocenters. The Balaban J connectivity index is 1.97. The summed E-state index contributed by atoms with van der Waals surface area (Å²) in [5, 5.41) is 16.6. The number of hydrogen-bond acceptors (Lipinski definition) is 3. The molecule has 116 valence electrons. The topological polar surface area (TPSA) is 55.2 Å². The lowest BCUT2D eigenvalue weighted by Gasteiger charge is -2.18. The number of fused-ring (bicyclic) bond motifs is 1. The fourth-order valence-corrected chi connectivity index (χ4v) is 2.88. The summed E-state index contributed by atoms with van der Waals surface area (Å²) in [6, 6.07) is 21.1. The Bertz CT molecular complexity index is 829. The Morgan fingerprint density at radius 2 is 1.70 bits per heavy atom. The number of rotatable bonds is 5. The molecule has 3 aromatic carbocycles. The van der Waals surface area contributed by atoms with E-state index in [2.05, 4.69) is 21.2 Å². The highest BCUT2D eigenvalue weighted by molar-refractivity contribution is 9.10. The van der Waals surface area contributed by atoms with E-state index in [4.69, 9.17) is 0 Å². The van der Waals surface area contributed by atoms with E-state index in [1.165, 1.54) is 0 Å². The van der Waals surface area contributed by atoms with Gasteiger partial charge in [-0.2, -0.15) is 0 Å². The second-order valence-electron chi connectivity index (χ2n) is 5.29. The lowest BCUT2D eigenvalue weighted by Crippen LogP contribution is -2.20. The molecule has 3 aromatic rings. The van der Waals surface area contributed by atoms with Gasteiger partial charge < -0.3 is 5.32 Å². The standard InChI is InChI=1S/C18H15BrN2O2/c19-15-10-8-14(9-11-15)18(12-21(22)23)20-17-7-3-5-13-4-1-2-6-16(13)17/h1-11,18,20H,12H2. The molecule has 0 heterocycles. The molecule has 0 aliphatic carbocycles. The summed E-state index contributed by atoms with van der Waals surface area (Å²) in [5.74, 6) is 0. The lowest BCUT2D eigenvalue weighted by molar-refractivity contribution is -0.482. The van der Waals surface area contributed by atoms with Crippen molar-refractivity contribution >= 4 is 32.4 Å². The zero-order valence-corrected chi connectivity index (χ0v) is 13.9. The van der Waals surface area contributed by atoms with Crippen LogP contribution in [-0.2, 0) is 0 Å². The SMILES string of the molecule is O=[N+]([O-])CC(Nc1cccc2ccccc12)c1ccc(Br)cc1. The highest BCUT2D eigenvalue weighted by Crippen LogP contribution is 2.28. The van der Waals surface area contributed by atoms with E-state index >= 15 is 0 Å². The molecule has 4 nitrogen and oxygen atoms in total. The van der Waals surface area contributed by atoms with Crippen LogP contribution in [0.15, 0.2) is 71.2 Å². The summed E-state index contributed by atoms with van der Waals surface area (Å²) in [7, 11) is 0. The average Bonchev–Trinajstić information content (AvgIpc) is 2.55. The van der Waals surface area contributed by atoms with Crippen molar-refractivity contribution in [1.82, 2.24) is 0 Å². The van der Waals surface area contributed by atoms with Gasteiger partial charge in [-0.1, -0.05) is 64.5 Å². The zero-order valence-electron chi connectivity index (χ0n) is 12.3. The van der Waals surface area contributed by atoms with E-state index in [9.17, 15) is 10.1 Å². The Morgan fingerprint density at radius 3 is 2.43 bits per heavy atom. The van der Waals surface area contributed by atoms with E-state index in [0.717, 1.165) is 26.5 Å². The predicted molar refractivity (Wildman–Crippen MR) is 96.3 cm³/mol. The van der Waals surface area contributed by atoms with Gasteiger partial charge in [0.25, 0.3) is 0 Å². The van der Waals surface area contributed by atoms with Crippen molar-refractivity contribution in [2.45, 2.75) is 6.04 Å². The molecule has 5 heteroatoms. The molecule has 0 saturated heterocycles. The monoisotopic (exact) mass is 370 g/mol. The molecule has 0 radical (unpaired) electrons. The summed E-state index contributed by atoms with van der Waals surface area (Å²) >= 11 is 3.39. The maximum Gasteiger partial charge on any atom is 0.227 e. The number of nitrogens with one attached hydrogen (secondary N) is 1. The third kappa shape index (κ3) is 3.68. The maximum atomic E-state index is 11.1. The highest BCUT2D eigenvalue weighted by Gasteiger charge is 2.18. The third-order valence-electron chi connectivity index (χ3n) is 3.72. The summed E-state index contributed by atoms with van der Waals surface area (Å²) in [6.45, 7) is -0.176. The van der Waals surface area contributed by atoms with Crippen LogP contribution in [0.4, 0.5) is 5.69 Å². The van der Waals surface area contributed by atoms with E-state index in [1.807, 2.05) is 66.7 Å². The fourth-order valence-electron chi connectivity index (χ4n) is 2.62. The van der Waals surface area contributed by atoms with Gasteiger partial charge in [-0.15, -0.1) is 0 Å². The highest BCUT2D eigenvalue weighted by atomic mass is 79.9. The van der Waals surface area contributed by atoms with Gasteiger partial charge in [0.2, 0.25) is 6.54 Å². The van der Waals surface area contributed by atoms with Gasteiger partial charge >= 0.3 is 0 Å². The van der Waals surface area contributed by atoms with Gasteiger partial charge in [-0.05, 0) is 29.1 Å². The van der Waals surface area contributed by atoms with Crippen molar-refractivity contribution in [3.63, 3.8) is 0 Å². The third-order valence-corrected chi connectivity index (χ3v) is 4.25. The number of nitro groups is 1. The van der Waals surface area contributed by atoms with Crippen LogP contribution >= 0.6 is 15.9 Å². The summed E-state index contributed by atoms with van der Waals surface area (Å²) in [6.07, 6.45) is 0. The minimum absolute atomic E-state index is 0.176. The summed E-state index contributed by atoms with van der Waals surface area (Å²) in [4.78, 5) is 10.8. The normalized spacial score (nSPS) is 12.0. The molecular weight excluding hydrogens is 356 g/mol. The van der Waals surface area contributed by atoms with Gasteiger partial charge in [0, 0.05) is 20.5 Å². The van der Waals surface area contributed by atoms with Gasteiger partial charge in [0.05, 0.1) is 0 Å². The van der Waals surface area contributed by atoms with Crippen LogP contribution in [-0.4, -0.2) is 11.5 Å². The molecule has 0 aromatic heterocycles. The van der Waals surface area contributed by atoms with Crippen molar-refractivity contribution in [2.75, 3.05) is 11.9 Å². The molecule has 0 bridgehead atoms. The van der Waals surface area contributed by atoms with E-state index in [-0.39, 0.29) is 17.5 Å². The first-order chi connectivity index (χ1) is 11.1. The van der Waals surface area contributed by atoms with E-state index in [1.54, 1.807) is 0 Å². The van der Waals surface area contributed by atoms with Gasteiger partial charge in [0.1, 0.15) is 6.04 Å². The number of nitrogens with zero attached hydrogens (tertiary/aromatic N) is 1. The first-order valence-corrected chi connectivity index (χ1v) is 8.04. The molecule has 1 N–H and O–H groups in total. The summed E-state index contributed by atoms with van der Waals surface area (Å²) < 4.78 is 0.950. The lowest BCUT2D eigenvalue weighted by atomic mass is 10.0. The molecule has 3 rings (SSSR count). The first-order valence-electron chi connectivity index (χ1n) is 7.25. The fraction of sp³-hybridized carbons (Fsp3) is 0.111. The predicted octanol–water partition coefficient (Wildman–Crippen LogP) is 5.03. The van der Waals surface area contributed by atoms with E-state index < -0.39 is 0 Å². The molecule has 1 unspecified atom stereocenters. The Kier molecular flexibility index (Phi) is 4.57. The molecule has 23 heavy (non-hydrogen) atoms. The van der Waals surface area contributed by atoms with Crippen molar-refractivity contribution in [2.24, 2.45) is 0 Å². The maximum absolute atomic E-state index is 11.1. The van der Waals surface area contributed by atoms with Crippen LogP contribution in [0, 0.1) is 10.1 Å². The minimum Gasteiger partial charge on any atom is -0.372 e. The molecular formula is C18H15BrN2O2. The molecule has 0 amide bonds. The zero-order chi connectivity index (χ0) is 16.2.